The molecule has 1 N–H and O–H groups in total. The highest BCUT2D eigenvalue weighted by Crippen LogP contribution is 2.20. The molecule has 0 spiro atoms. The zero-order valence-electron chi connectivity index (χ0n) is 11.5. The van der Waals surface area contributed by atoms with Crippen molar-refractivity contribution in [3.8, 4) is 0 Å². The molecule has 21 heavy (non-hydrogen) atoms. The smallest absolute Gasteiger partial charge is 0.269 e. The van der Waals surface area contributed by atoms with Gasteiger partial charge in [0.1, 0.15) is 0 Å². The molecule has 1 aliphatic rings. The molecule has 0 unspecified atom stereocenters. The third-order valence-corrected chi connectivity index (χ3v) is 4.46. The van der Waals surface area contributed by atoms with Crippen LogP contribution in [0.3, 0.4) is 0 Å². The molecule has 0 atom stereocenters. The first-order valence-corrected chi connectivity index (χ1v) is 8.50. The van der Waals surface area contributed by atoms with Crippen molar-refractivity contribution in [1.82, 2.24) is 4.89 Å². The zero-order chi connectivity index (χ0) is 15.3. The van der Waals surface area contributed by atoms with E-state index in [1.165, 1.54) is 24.3 Å². The Morgan fingerprint density at radius 3 is 2.38 bits per heavy atom. The number of rotatable bonds is 6. The molecular weight excluding hydrogens is 296 g/mol. The molecule has 1 aliphatic carbocycles. The Morgan fingerprint density at radius 1 is 1.19 bits per heavy atom. The van der Waals surface area contributed by atoms with Gasteiger partial charge in [-0.3, -0.25) is 15.0 Å². The second kappa shape index (κ2) is 6.97. The summed E-state index contributed by atoms with van der Waals surface area (Å²) in [4.78, 5) is 17.4. The van der Waals surface area contributed by atoms with Crippen LogP contribution in [0.2, 0.25) is 0 Å². The monoisotopic (exact) mass is 314 g/mol. The lowest BCUT2D eigenvalue weighted by atomic mass is 9.98. The lowest BCUT2D eigenvalue weighted by molar-refractivity contribution is -0.384. The van der Waals surface area contributed by atoms with Crippen molar-refractivity contribution in [3.05, 3.63) is 39.9 Å². The molecule has 7 nitrogen and oxygen atoms in total. The Labute approximate surface area is 123 Å². The summed E-state index contributed by atoms with van der Waals surface area (Å²) in [6.45, 7) is 0. The predicted molar refractivity (Wildman–Crippen MR) is 76.8 cm³/mol. The first kappa shape index (κ1) is 15.9. The first-order chi connectivity index (χ1) is 9.96. The van der Waals surface area contributed by atoms with E-state index in [1.54, 1.807) is 0 Å². The standard InChI is InChI=1S/C13H18N2O5S/c16-15(17)12-8-6-11(7-9-12)10-21(18,19)14-20-13-4-2-1-3-5-13/h6-9,13-14H,1-5,10H2. The fourth-order valence-corrected chi connectivity index (χ4v) is 3.26. The Kier molecular flexibility index (Phi) is 5.27. The van der Waals surface area contributed by atoms with Crippen LogP contribution >= 0.6 is 0 Å². The molecule has 0 saturated heterocycles. The third-order valence-electron chi connectivity index (χ3n) is 3.40. The zero-order valence-corrected chi connectivity index (χ0v) is 12.3. The Hall–Kier alpha value is -1.51. The average Bonchev–Trinajstić information content (AvgIpc) is 2.46. The topological polar surface area (TPSA) is 98.5 Å². The van der Waals surface area contributed by atoms with Gasteiger partial charge >= 0.3 is 0 Å². The number of non-ortho nitro benzene ring substituents is 1. The van der Waals surface area contributed by atoms with Crippen LogP contribution in [-0.2, 0) is 20.6 Å². The van der Waals surface area contributed by atoms with Crippen LogP contribution in [0.5, 0.6) is 0 Å². The highest BCUT2D eigenvalue weighted by Gasteiger charge is 2.18. The van der Waals surface area contributed by atoms with Gasteiger partial charge in [-0.15, -0.1) is 0 Å². The minimum atomic E-state index is -3.61. The van der Waals surface area contributed by atoms with Crippen LogP contribution < -0.4 is 4.89 Å². The molecule has 2 rings (SSSR count). The second-order valence-corrected chi connectivity index (χ2v) is 6.83. The molecule has 1 aromatic rings. The molecule has 116 valence electrons. The highest BCUT2D eigenvalue weighted by atomic mass is 32.2. The van der Waals surface area contributed by atoms with Crippen molar-refractivity contribution < 1.29 is 18.2 Å². The fourth-order valence-electron chi connectivity index (χ4n) is 2.29. The van der Waals surface area contributed by atoms with Gasteiger partial charge in [0.25, 0.3) is 5.69 Å². The van der Waals surface area contributed by atoms with Gasteiger partial charge in [-0.2, -0.15) is 0 Å². The van der Waals surface area contributed by atoms with Crippen molar-refractivity contribution in [2.75, 3.05) is 0 Å². The van der Waals surface area contributed by atoms with Crippen LogP contribution in [0, 0.1) is 10.1 Å². The van der Waals surface area contributed by atoms with Crippen LogP contribution in [0.4, 0.5) is 5.69 Å². The minimum Gasteiger partial charge on any atom is -0.284 e. The number of nitro groups is 1. The molecule has 0 aliphatic heterocycles. The van der Waals surface area contributed by atoms with Gasteiger partial charge in [0.2, 0.25) is 10.0 Å². The SMILES string of the molecule is O=[N+]([O-])c1ccc(CS(=O)(=O)NOC2CCCCC2)cc1. The van der Waals surface area contributed by atoms with Crippen molar-refractivity contribution in [2.45, 2.75) is 44.0 Å². The van der Waals surface area contributed by atoms with Gasteiger partial charge in [0.15, 0.2) is 0 Å². The summed E-state index contributed by atoms with van der Waals surface area (Å²) in [6.07, 6.45) is 4.92. The fraction of sp³-hybridized carbons (Fsp3) is 0.538. The Balaban J connectivity index is 1.89. The maximum atomic E-state index is 11.9. The second-order valence-electron chi connectivity index (χ2n) is 5.14. The summed E-state index contributed by atoms with van der Waals surface area (Å²) in [6, 6.07) is 5.43. The number of nitrogens with zero attached hydrogens (tertiary/aromatic N) is 1. The van der Waals surface area contributed by atoms with Gasteiger partial charge in [-0.1, -0.05) is 36.3 Å². The first-order valence-electron chi connectivity index (χ1n) is 6.85. The van der Waals surface area contributed by atoms with E-state index in [1.807, 2.05) is 0 Å². The van der Waals surface area contributed by atoms with Gasteiger partial charge in [0, 0.05) is 12.1 Å². The van der Waals surface area contributed by atoms with E-state index in [0.717, 1.165) is 32.1 Å². The van der Waals surface area contributed by atoms with E-state index in [-0.39, 0.29) is 17.5 Å². The largest absolute Gasteiger partial charge is 0.284 e. The van der Waals surface area contributed by atoms with Crippen LogP contribution in [0.15, 0.2) is 24.3 Å². The quantitative estimate of drug-likeness (QED) is 0.641. The van der Waals surface area contributed by atoms with Gasteiger partial charge in [0.05, 0.1) is 16.8 Å². The van der Waals surface area contributed by atoms with E-state index in [9.17, 15) is 18.5 Å². The molecule has 0 amide bonds. The van der Waals surface area contributed by atoms with E-state index in [2.05, 4.69) is 4.89 Å². The molecule has 0 heterocycles. The summed E-state index contributed by atoms with van der Waals surface area (Å²) in [5.74, 6) is -0.266. The van der Waals surface area contributed by atoms with Gasteiger partial charge < -0.3 is 0 Å². The number of sulfonamides is 1. The van der Waals surface area contributed by atoms with Crippen LogP contribution in [0.25, 0.3) is 0 Å². The summed E-state index contributed by atoms with van der Waals surface area (Å²) < 4.78 is 23.8. The molecule has 8 heteroatoms. The van der Waals surface area contributed by atoms with E-state index < -0.39 is 14.9 Å². The van der Waals surface area contributed by atoms with Crippen molar-refractivity contribution >= 4 is 15.7 Å². The molecule has 0 radical (unpaired) electrons. The predicted octanol–water partition coefficient (Wildman–Crippen LogP) is 2.28. The number of nitro benzene ring substituents is 1. The van der Waals surface area contributed by atoms with Gasteiger partial charge in [-0.05, 0) is 18.4 Å². The Morgan fingerprint density at radius 2 is 1.81 bits per heavy atom. The lowest BCUT2D eigenvalue weighted by Crippen LogP contribution is -2.31. The van der Waals surface area contributed by atoms with Crippen LogP contribution in [-0.4, -0.2) is 19.4 Å². The average molecular weight is 314 g/mol. The molecule has 0 bridgehead atoms. The molecule has 1 fully saturated rings. The Bertz CT molecular complexity index is 579. The highest BCUT2D eigenvalue weighted by molar-refractivity contribution is 7.88. The lowest BCUT2D eigenvalue weighted by Gasteiger charge is -2.21. The van der Waals surface area contributed by atoms with Gasteiger partial charge in [-0.25, -0.2) is 8.42 Å². The normalized spacial score (nSPS) is 16.8. The van der Waals surface area contributed by atoms with Crippen molar-refractivity contribution in [2.24, 2.45) is 0 Å². The summed E-state index contributed by atoms with van der Waals surface area (Å²) in [7, 11) is -3.61. The van der Waals surface area contributed by atoms with E-state index >= 15 is 0 Å². The molecule has 1 saturated carbocycles. The van der Waals surface area contributed by atoms with Crippen molar-refractivity contribution in [3.63, 3.8) is 0 Å². The van der Waals surface area contributed by atoms with Crippen molar-refractivity contribution in [1.29, 1.82) is 0 Å². The summed E-state index contributed by atoms with van der Waals surface area (Å²) >= 11 is 0. The number of hydrogen-bond acceptors (Lipinski definition) is 5. The van der Waals surface area contributed by atoms with Crippen LogP contribution in [0.1, 0.15) is 37.7 Å². The van der Waals surface area contributed by atoms with E-state index in [4.69, 9.17) is 4.84 Å². The maximum absolute atomic E-state index is 11.9. The molecular formula is C13H18N2O5S. The maximum Gasteiger partial charge on any atom is 0.269 e. The summed E-state index contributed by atoms with van der Waals surface area (Å²) in [5, 5.41) is 10.5. The number of benzene rings is 1. The summed E-state index contributed by atoms with van der Waals surface area (Å²) in [5.41, 5.74) is 0.405. The minimum absolute atomic E-state index is 0.0645. The van der Waals surface area contributed by atoms with E-state index in [0.29, 0.717) is 5.56 Å². The molecule has 1 aromatic carbocycles. The number of hydrogen-bond donors (Lipinski definition) is 1. The third kappa shape index (κ3) is 5.07. The number of nitrogens with one attached hydrogen (secondary N) is 1. The molecule has 0 aromatic heterocycles.